The van der Waals surface area contributed by atoms with E-state index in [1.165, 1.54) is 17.4 Å². The summed E-state index contributed by atoms with van der Waals surface area (Å²) < 4.78 is 37.6. The van der Waals surface area contributed by atoms with Gasteiger partial charge in [0.25, 0.3) is 11.8 Å². The number of carbonyl (C=O) groups is 2. The first-order chi connectivity index (χ1) is 15.0. The second kappa shape index (κ2) is 7.51. The molecule has 0 aliphatic carbocycles. The van der Waals surface area contributed by atoms with Crippen molar-refractivity contribution in [2.24, 2.45) is 0 Å². The minimum absolute atomic E-state index is 0.0131. The molecule has 0 unspecified atom stereocenters. The quantitative estimate of drug-likeness (QED) is 0.604. The highest BCUT2D eigenvalue weighted by atomic mass is 32.1. The van der Waals surface area contributed by atoms with Gasteiger partial charge in [-0.15, -0.1) is 11.3 Å². The molecule has 0 saturated carbocycles. The highest BCUT2D eigenvalue weighted by Gasteiger charge is 2.39. The van der Waals surface area contributed by atoms with Gasteiger partial charge in [-0.05, 0) is 41.3 Å². The van der Waals surface area contributed by atoms with Gasteiger partial charge in [0.15, 0.2) is 23.1 Å². The molecule has 31 heavy (non-hydrogen) atoms. The van der Waals surface area contributed by atoms with Crippen LogP contribution in [-0.4, -0.2) is 23.5 Å². The van der Waals surface area contributed by atoms with Crippen molar-refractivity contribution in [1.82, 2.24) is 4.90 Å². The first-order valence-electron chi connectivity index (χ1n) is 9.26. The van der Waals surface area contributed by atoms with Gasteiger partial charge in [-0.25, -0.2) is 8.78 Å². The predicted molar refractivity (Wildman–Crippen MR) is 109 cm³/mol. The van der Waals surface area contributed by atoms with Crippen LogP contribution in [0.15, 0.2) is 59.6 Å². The number of thiophene rings is 1. The number of halogens is 2. The lowest BCUT2D eigenvalue weighted by Crippen LogP contribution is -2.31. The van der Waals surface area contributed by atoms with Crippen LogP contribution in [0, 0.1) is 11.6 Å². The smallest absolute Gasteiger partial charge is 0.278 e. The molecule has 1 N–H and O–H groups in total. The number of carbonyl (C=O) groups excluding carboxylic acids is 2. The number of anilines is 1. The van der Waals surface area contributed by atoms with Crippen molar-refractivity contribution in [3.63, 3.8) is 0 Å². The summed E-state index contributed by atoms with van der Waals surface area (Å²) in [5.74, 6) is -1.95. The summed E-state index contributed by atoms with van der Waals surface area (Å²) in [5, 5.41) is 4.60. The highest BCUT2D eigenvalue weighted by Crippen LogP contribution is 2.36. The largest absolute Gasteiger partial charge is 0.454 e. The summed E-state index contributed by atoms with van der Waals surface area (Å²) in [6.45, 7) is 0.138. The molecule has 0 bridgehead atoms. The minimum Gasteiger partial charge on any atom is -0.454 e. The van der Waals surface area contributed by atoms with E-state index in [9.17, 15) is 18.4 Å². The van der Waals surface area contributed by atoms with Crippen LogP contribution in [0.5, 0.6) is 11.5 Å². The Kier molecular flexibility index (Phi) is 4.67. The monoisotopic (exact) mass is 440 g/mol. The lowest BCUT2D eigenvalue weighted by Gasteiger charge is -2.15. The van der Waals surface area contributed by atoms with Crippen molar-refractivity contribution in [2.45, 2.75) is 6.54 Å². The van der Waals surface area contributed by atoms with Crippen LogP contribution in [0.4, 0.5) is 14.5 Å². The molecule has 3 heterocycles. The van der Waals surface area contributed by atoms with E-state index in [1.807, 2.05) is 0 Å². The molecule has 2 amide bonds. The Morgan fingerprint density at radius 1 is 0.968 bits per heavy atom. The van der Waals surface area contributed by atoms with Crippen molar-refractivity contribution in [2.75, 3.05) is 12.1 Å². The van der Waals surface area contributed by atoms with E-state index in [4.69, 9.17) is 9.47 Å². The van der Waals surface area contributed by atoms with E-state index < -0.39 is 23.4 Å². The van der Waals surface area contributed by atoms with Gasteiger partial charge >= 0.3 is 0 Å². The number of benzene rings is 2. The van der Waals surface area contributed by atoms with E-state index in [2.05, 4.69) is 5.32 Å². The minimum atomic E-state index is -1.06. The van der Waals surface area contributed by atoms with Crippen LogP contribution in [0.2, 0.25) is 0 Å². The Hall–Kier alpha value is -3.72. The maximum absolute atomic E-state index is 13.7. The zero-order valence-corrected chi connectivity index (χ0v) is 16.7. The Morgan fingerprint density at radius 3 is 2.58 bits per heavy atom. The molecule has 2 aliphatic rings. The van der Waals surface area contributed by atoms with Crippen LogP contribution in [-0.2, 0) is 16.1 Å². The second-order valence-corrected chi connectivity index (χ2v) is 7.81. The van der Waals surface area contributed by atoms with E-state index in [0.717, 1.165) is 17.0 Å². The molecule has 0 radical (unpaired) electrons. The second-order valence-electron chi connectivity index (χ2n) is 6.87. The van der Waals surface area contributed by atoms with Gasteiger partial charge in [0.2, 0.25) is 6.79 Å². The number of imide groups is 1. The number of nitrogens with zero attached hydrogens (tertiary/aromatic N) is 1. The Labute approximate surface area is 179 Å². The average molecular weight is 440 g/mol. The molecule has 0 spiro atoms. The maximum Gasteiger partial charge on any atom is 0.278 e. The number of hydrogen-bond donors (Lipinski definition) is 1. The molecule has 0 saturated heterocycles. The molecule has 1 aromatic heterocycles. The van der Waals surface area contributed by atoms with Crippen LogP contribution in [0.1, 0.15) is 10.4 Å². The Balaban J connectivity index is 1.48. The number of rotatable bonds is 5. The third-order valence-electron chi connectivity index (χ3n) is 4.90. The maximum atomic E-state index is 13.7. The van der Waals surface area contributed by atoms with E-state index in [0.29, 0.717) is 21.9 Å². The van der Waals surface area contributed by atoms with Crippen molar-refractivity contribution in [3.05, 3.63) is 81.7 Å². The molecule has 0 fully saturated rings. The normalized spacial score (nSPS) is 15.2. The third kappa shape index (κ3) is 3.42. The Morgan fingerprint density at radius 2 is 1.81 bits per heavy atom. The first-order valence-corrected chi connectivity index (χ1v) is 10.1. The fourth-order valence-corrected chi connectivity index (χ4v) is 4.19. The molecule has 156 valence electrons. The third-order valence-corrected chi connectivity index (χ3v) is 5.79. The van der Waals surface area contributed by atoms with Gasteiger partial charge in [-0.3, -0.25) is 14.5 Å². The number of amides is 2. The van der Waals surface area contributed by atoms with E-state index >= 15 is 0 Å². The molecular weight excluding hydrogens is 426 g/mol. The lowest BCUT2D eigenvalue weighted by atomic mass is 10.1. The molecule has 6 nitrogen and oxygen atoms in total. The van der Waals surface area contributed by atoms with Crippen molar-refractivity contribution < 1.29 is 27.8 Å². The van der Waals surface area contributed by atoms with Crippen molar-refractivity contribution in [3.8, 4) is 11.5 Å². The number of hydrogen-bond acceptors (Lipinski definition) is 6. The van der Waals surface area contributed by atoms with Gasteiger partial charge in [0.1, 0.15) is 5.70 Å². The molecule has 0 atom stereocenters. The van der Waals surface area contributed by atoms with Gasteiger partial charge in [0.05, 0.1) is 12.1 Å². The summed E-state index contributed by atoms with van der Waals surface area (Å²) in [7, 11) is 0. The topological polar surface area (TPSA) is 67.9 Å². The standard InChI is InChI=1S/C22H14F2N2O4S/c23-14-5-4-13(9-15(14)24)25-20-19(18-2-1-7-31-18)21(27)26(22(20)28)10-12-3-6-16-17(8-12)30-11-29-16/h1-9,25H,10-11H2. The summed E-state index contributed by atoms with van der Waals surface area (Å²) in [6, 6.07) is 11.9. The molecule has 5 rings (SSSR count). The predicted octanol–water partition coefficient (Wildman–Crippen LogP) is 4.15. The summed E-state index contributed by atoms with van der Waals surface area (Å²) in [5.41, 5.74) is 1.05. The van der Waals surface area contributed by atoms with Gasteiger partial charge < -0.3 is 14.8 Å². The summed E-state index contributed by atoms with van der Waals surface area (Å²) in [6.07, 6.45) is 0. The van der Waals surface area contributed by atoms with E-state index in [1.54, 1.807) is 35.7 Å². The van der Waals surface area contributed by atoms with Gasteiger partial charge in [-0.2, -0.15) is 0 Å². The molecule has 2 aromatic carbocycles. The summed E-state index contributed by atoms with van der Waals surface area (Å²) in [4.78, 5) is 28.1. The van der Waals surface area contributed by atoms with Crippen LogP contribution < -0.4 is 14.8 Å². The molecule has 3 aromatic rings. The Bertz CT molecular complexity index is 1240. The SMILES string of the molecule is O=C1C(Nc2ccc(F)c(F)c2)=C(c2cccs2)C(=O)N1Cc1ccc2c(c1)OCO2. The zero-order chi connectivity index (χ0) is 21.5. The van der Waals surface area contributed by atoms with E-state index in [-0.39, 0.29) is 30.3 Å². The molecule has 9 heteroatoms. The lowest BCUT2D eigenvalue weighted by molar-refractivity contribution is -0.137. The average Bonchev–Trinajstić information content (AvgIpc) is 3.48. The fraction of sp³-hybridized carbons (Fsp3) is 0.0909. The highest BCUT2D eigenvalue weighted by molar-refractivity contribution is 7.11. The van der Waals surface area contributed by atoms with Crippen LogP contribution in [0.3, 0.4) is 0 Å². The van der Waals surface area contributed by atoms with Crippen LogP contribution in [0.25, 0.3) is 5.57 Å². The van der Waals surface area contributed by atoms with Gasteiger partial charge in [-0.1, -0.05) is 12.1 Å². The van der Waals surface area contributed by atoms with Crippen molar-refractivity contribution >= 4 is 34.4 Å². The summed E-state index contributed by atoms with van der Waals surface area (Å²) >= 11 is 1.30. The molecule has 2 aliphatic heterocycles. The molecular formula is C22H14F2N2O4S. The van der Waals surface area contributed by atoms with Crippen LogP contribution >= 0.6 is 11.3 Å². The first kappa shape index (κ1) is 19.3. The number of ether oxygens (including phenoxy) is 2. The van der Waals surface area contributed by atoms with Gasteiger partial charge in [0, 0.05) is 16.6 Å². The zero-order valence-electron chi connectivity index (χ0n) is 15.9. The van der Waals surface area contributed by atoms with Crippen molar-refractivity contribution in [1.29, 1.82) is 0 Å². The number of fused-ring (bicyclic) bond motifs is 1. The fourth-order valence-electron chi connectivity index (χ4n) is 3.43. The number of nitrogens with one attached hydrogen (secondary N) is 1.